The standard InChI is InChI=1S/C14H23N5O2/c1-12-16-15-11-19(12)9-8-18-6-3-4-14(5-7-18)10-17(2)13(20)21-14/h11H,3-10H2,1-2H3. The Morgan fingerprint density at radius 1 is 1.33 bits per heavy atom. The van der Waals surface area contributed by atoms with Gasteiger partial charge in [-0.2, -0.15) is 0 Å². The quantitative estimate of drug-likeness (QED) is 0.828. The Morgan fingerprint density at radius 2 is 2.19 bits per heavy atom. The third-order valence-corrected chi connectivity index (χ3v) is 4.60. The minimum atomic E-state index is -0.257. The fourth-order valence-corrected chi connectivity index (χ4v) is 3.28. The molecule has 1 unspecified atom stereocenters. The van der Waals surface area contributed by atoms with Gasteiger partial charge in [0.25, 0.3) is 0 Å². The van der Waals surface area contributed by atoms with E-state index < -0.39 is 0 Å². The predicted molar refractivity (Wildman–Crippen MR) is 76.9 cm³/mol. The number of carbonyl (C=O) groups is 1. The molecular weight excluding hydrogens is 270 g/mol. The van der Waals surface area contributed by atoms with Gasteiger partial charge >= 0.3 is 6.09 Å². The summed E-state index contributed by atoms with van der Waals surface area (Å²) in [4.78, 5) is 15.8. The van der Waals surface area contributed by atoms with Gasteiger partial charge in [0.2, 0.25) is 0 Å². The van der Waals surface area contributed by atoms with Crippen molar-refractivity contribution in [3.05, 3.63) is 12.2 Å². The van der Waals surface area contributed by atoms with Crippen LogP contribution in [0.4, 0.5) is 4.79 Å². The molecule has 2 aliphatic heterocycles. The van der Waals surface area contributed by atoms with Gasteiger partial charge in [0.1, 0.15) is 17.8 Å². The van der Waals surface area contributed by atoms with E-state index in [1.807, 2.05) is 14.0 Å². The van der Waals surface area contributed by atoms with Gasteiger partial charge in [-0.15, -0.1) is 10.2 Å². The topological polar surface area (TPSA) is 63.5 Å². The molecule has 1 spiro atoms. The van der Waals surface area contributed by atoms with Crippen LogP contribution in [0.2, 0.25) is 0 Å². The SMILES string of the molecule is Cc1nncn1CCN1CCCC2(CC1)CN(C)C(=O)O2. The maximum atomic E-state index is 11.6. The molecule has 7 nitrogen and oxygen atoms in total. The van der Waals surface area contributed by atoms with Gasteiger partial charge in [0.05, 0.1) is 6.54 Å². The lowest BCUT2D eigenvalue weighted by Gasteiger charge is -2.25. The number of aryl methyl sites for hydroxylation is 1. The van der Waals surface area contributed by atoms with Crippen molar-refractivity contribution in [2.75, 3.05) is 33.2 Å². The number of rotatable bonds is 3. The molecule has 2 fully saturated rings. The predicted octanol–water partition coefficient (Wildman–Crippen LogP) is 0.893. The summed E-state index contributed by atoms with van der Waals surface area (Å²) in [5, 5.41) is 7.91. The number of nitrogens with zero attached hydrogens (tertiary/aromatic N) is 5. The minimum Gasteiger partial charge on any atom is -0.441 e. The number of likely N-dealkylation sites (N-methyl/N-ethyl adjacent to an activating group) is 1. The molecule has 2 aliphatic rings. The van der Waals surface area contributed by atoms with Gasteiger partial charge in [-0.3, -0.25) is 0 Å². The van der Waals surface area contributed by atoms with Crippen molar-refractivity contribution in [3.8, 4) is 0 Å². The number of carbonyl (C=O) groups excluding carboxylic acids is 1. The second-order valence-corrected chi connectivity index (χ2v) is 6.17. The molecule has 0 saturated carbocycles. The summed E-state index contributed by atoms with van der Waals surface area (Å²) < 4.78 is 7.71. The Bertz CT molecular complexity index is 517. The summed E-state index contributed by atoms with van der Waals surface area (Å²) in [5.41, 5.74) is -0.257. The highest BCUT2D eigenvalue weighted by molar-refractivity contribution is 5.70. The van der Waals surface area contributed by atoms with Crippen molar-refractivity contribution in [1.29, 1.82) is 0 Å². The summed E-state index contributed by atoms with van der Waals surface area (Å²) in [7, 11) is 1.81. The number of hydrogen-bond acceptors (Lipinski definition) is 5. The van der Waals surface area contributed by atoms with Gasteiger partial charge in [-0.05, 0) is 26.3 Å². The maximum absolute atomic E-state index is 11.6. The largest absolute Gasteiger partial charge is 0.441 e. The van der Waals surface area contributed by atoms with Gasteiger partial charge in [-0.25, -0.2) is 4.79 Å². The Balaban J connectivity index is 1.54. The molecule has 116 valence electrons. The molecule has 0 radical (unpaired) electrons. The molecule has 21 heavy (non-hydrogen) atoms. The number of aromatic nitrogens is 3. The van der Waals surface area contributed by atoms with Crippen molar-refractivity contribution in [1.82, 2.24) is 24.6 Å². The lowest BCUT2D eigenvalue weighted by atomic mass is 9.95. The third-order valence-electron chi connectivity index (χ3n) is 4.60. The number of amides is 1. The minimum absolute atomic E-state index is 0.177. The van der Waals surface area contributed by atoms with Gasteiger partial charge in [0, 0.05) is 33.1 Å². The van der Waals surface area contributed by atoms with Crippen LogP contribution in [0.5, 0.6) is 0 Å². The Morgan fingerprint density at radius 3 is 2.86 bits per heavy atom. The van der Waals surface area contributed by atoms with Crippen LogP contribution in [0.1, 0.15) is 25.1 Å². The fourth-order valence-electron chi connectivity index (χ4n) is 3.28. The van der Waals surface area contributed by atoms with Crippen LogP contribution in [-0.2, 0) is 11.3 Å². The fraction of sp³-hybridized carbons (Fsp3) is 0.786. The zero-order valence-electron chi connectivity index (χ0n) is 12.8. The van der Waals surface area contributed by atoms with Crippen LogP contribution in [0.3, 0.4) is 0 Å². The van der Waals surface area contributed by atoms with Crippen LogP contribution in [-0.4, -0.2) is 69.5 Å². The molecule has 0 aliphatic carbocycles. The summed E-state index contributed by atoms with van der Waals surface area (Å²) >= 11 is 0. The second kappa shape index (κ2) is 5.63. The highest BCUT2D eigenvalue weighted by atomic mass is 16.6. The molecule has 1 aromatic heterocycles. The first-order chi connectivity index (χ1) is 10.1. The maximum Gasteiger partial charge on any atom is 0.410 e. The Labute approximate surface area is 124 Å². The highest BCUT2D eigenvalue weighted by Gasteiger charge is 2.44. The monoisotopic (exact) mass is 293 g/mol. The summed E-state index contributed by atoms with van der Waals surface area (Å²) in [5.74, 6) is 0.952. The van der Waals surface area contributed by atoms with E-state index in [-0.39, 0.29) is 11.7 Å². The van der Waals surface area contributed by atoms with E-state index in [9.17, 15) is 4.79 Å². The molecule has 1 aromatic rings. The molecule has 3 heterocycles. The lowest BCUT2D eigenvalue weighted by Crippen LogP contribution is -2.35. The normalized spacial score (nSPS) is 27.1. The lowest BCUT2D eigenvalue weighted by molar-refractivity contribution is 0.0444. The van der Waals surface area contributed by atoms with Crippen LogP contribution >= 0.6 is 0 Å². The van der Waals surface area contributed by atoms with Gasteiger partial charge in [0.15, 0.2) is 0 Å². The van der Waals surface area contributed by atoms with Crippen molar-refractivity contribution in [3.63, 3.8) is 0 Å². The Hall–Kier alpha value is -1.63. The van der Waals surface area contributed by atoms with Gasteiger partial charge in [-0.1, -0.05) is 0 Å². The van der Waals surface area contributed by atoms with E-state index in [0.717, 1.165) is 57.8 Å². The smallest absolute Gasteiger partial charge is 0.410 e. The Kier molecular flexibility index (Phi) is 3.84. The average molecular weight is 293 g/mol. The second-order valence-electron chi connectivity index (χ2n) is 6.17. The molecule has 7 heteroatoms. The van der Waals surface area contributed by atoms with Crippen molar-refractivity contribution < 1.29 is 9.53 Å². The highest BCUT2D eigenvalue weighted by Crippen LogP contribution is 2.32. The number of likely N-dealkylation sites (tertiary alicyclic amines) is 1. The molecule has 1 amide bonds. The number of ether oxygens (including phenoxy) is 1. The molecule has 1 atom stereocenters. The average Bonchev–Trinajstić information content (AvgIpc) is 2.90. The van der Waals surface area contributed by atoms with Crippen molar-refractivity contribution in [2.24, 2.45) is 0 Å². The van der Waals surface area contributed by atoms with E-state index >= 15 is 0 Å². The van der Waals surface area contributed by atoms with Crippen LogP contribution < -0.4 is 0 Å². The zero-order chi connectivity index (χ0) is 14.9. The molecule has 2 saturated heterocycles. The van der Waals surface area contributed by atoms with E-state index in [1.165, 1.54) is 0 Å². The number of hydrogen-bond donors (Lipinski definition) is 0. The zero-order valence-corrected chi connectivity index (χ0v) is 12.8. The molecule has 3 rings (SSSR count). The van der Waals surface area contributed by atoms with Crippen molar-refractivity contribution in [2.45, 2.75) is 38.3 Å². The molecule has 0 bridgehead atoms. The summed E-state index contributed by atoms with van der Waals surface area (Å²) in [6.45, 7) is 6.62. The molecular formula is C14H23N5O2. The summed E-state index contributed by atoms with van der Waals surface area (Å²) in [6.07, 6.45) is 4.56. The summed E-state index contributed by atoms with van der Waals surface area (Å²) in [6, 6.07) is 0. The molecule has 0 aromatic carbocycles. The van der Waals surface area contributed by atoms with Crippen molar-refractivity contribution >= 4 is 6.09 Å². The first-order valence-corrected chi connectivity index (χ1v) is 7.59. The van der Waals surface area contributed by atoms with Crippen LogP contribution in [0.25, 0.3) is 0 Å². The first kappa shape index (κ1) is 14.3. The van der Waals surface area contributed by atoms with Crippen LogP contribution in [0.15, 0.2) is 6.33 Å². The molecule has 0 N–H and O–H groups in total. The van der Waals surface area contributed by atoms with E-state index in [1.54, 1.807) is 11.2 Å². The van der Waals surface area contributed by atoms with Gasteiger partial charge < -0.3 is 19.1 Å². The van der Waals surface area contributed by atoms with E-state index in [0.29, 0.717) is 0 Å². The van der Waals surface area contributed by atoms with E-state index in [2.05, 4.69) is 19.7 Å². The van der Waals surface area contributed by atoms with E-state index in [4.69, 9.17) is 4.74 Å². The van der Waals surface area contributed by atoms with Crippen LogP contribution in [0, 0.1) is 6.92 Å². The third kappa shape index (κ3) is 3.02. The first-order valence-electron chi connectivity index (χ1n) is 7.59.